The van der Waals surface area contributed by atoms with Crippen molar-refractivity contribution in [2.75, 3.05) is 20.3 Å². The molecule has 4 heterocycles. The van der Waals surface area contributed by atoms with Crippen molar-refractivity contribution in [2.24, 2.45) is 4.99 Å². The Kier molecular flexibility index (Phi) is 8.42. The number of benzene rings is 3. The van der Waals surface area contributed by atoms with Gasteiger partial charge in [0.2, 0.25) is 0 Å². The second-order valence-corrected chi connectivity index (χ2v) is 12.9. The fourth-order valence-electron chi connectivity index (χ4n) is 6.84. The van der Waals surface area contributed by atoms with Crippen molar-refractivity contribution in [3.8, 4) is 5.75 Å². The molecule has 0 unspecified atom stereocenters. The van der Waals surface area contributed by atoms with Gasteiger partial charge in [0.05, 0.1) is 35.6 Å². The number of aryl methyl sites for hydroxylation is 1. The highest BCUT2D eigenvalue weighted by molar-refractivity contribution is 7.07. The maximum absolute atomic E-state index is 14.6. The summed E-state index contributed by atoms with van der Waals surface area (Å²) >= 11 is 1.32. The largest absolute Gasteiger partial charge is 0.496 e. The zero-order valence-electron chi connectivity index (χ0n) is 27.0. The molecule has 2 aliphatic rings. The third kappa shape index (κ3) is 5.53. The van der Waals surface area contributed by atoms with Crippen molar-refractivity contribution in [3.63, 3.8) is 0 Å². The summed E-state index contributed by atoms with van der Waals surface area (Å²) < 4.78 is 22.0. The van der Waals surface area contributed by atoms with Gasteiger partial charge >= 0.3 is 5.97 Å². The van der Waals surface area contributed by atoms with Crippen molar-refractivity contribution in [3.05, 3.63) is 126 Å². The molecule has 0 bridgehead atoms. The van der Waals surface area contributed by atoms with Gasteiger partial charge in [-0.1, -0.05) is 72.0 Å². The number of hydrogen-bond acceptors (Lipinski definition) is 7. The van der Waals surface area contributed by atoms with E-state index >= 15 is 0 Å². The molecule has 7 rings (SSSR count). The van der Waals surface area contributed by atoms with E-state index in [1.54, 1.807) is 18.6 Å². The van der Waals surface area contributed by atoms with Gasteiger partial charge < -0.3 is 18.8 Å². The van der Waals surface area contributed by atoms with Gasteiger partial charge in [0, 0.05) is 35.7 Å². The molecule has 0 amide bonds. The summed E-state index contributed by atoms with van der Waals surface area (Å²) in [6.45, 7) is 7.72. The number of methoxy groups -OCH3 is 1. The normalized spacial score (nSPS) is 18.0. The number of thiazole rings is 1. The predicted octanol–water partition coefficient (Wildman–Crippen LogP) is 5.69. The average Bonchev–Trinajstić information content (AvgIpc) is 3.79. The molecule has 2 aromatic heterocycles. The Morgan fingerprint density at radius 1 is 1.09 bits per heavy atom. The summed E-state index contributed by atoms with van der Waals surface area (Å²) in [5, 5.41) is 1.84. The Labute approximate surface area is 276 Å². The van der Waals surface area contributed by atoms with E-state index in [2.05, 4.69) is 24.5 Å². The number of fused-ring (bicyclic) bond motifs is 2. The van der Waals surface area contributed by atoms with Gasteiger partial charge in [0.1, 0.15) is 11.8 Å². The summed E-state index contributed by atoms with van der Waals surface area (Å²) in [4.78, 5) is 34.2. The highest BCUT2D eigenvalue weighted by Crippen LogP contribution is 2.42. The van der Waals surface area contributed by atoms with E-state index in [4.69, 9.17) is 19.2 Å². The van der Waals surface area contributed by atoms with Gasteiger partial charge in [-0.3, -0.25) is 9.36 Å². The standard InChI is InChI=1S/C38H37N3O5S/c1-5-45-37(43)33-34(26-13-7-6-8-14-26)39-38-41(35(33)32-29-16-10-9-12-25(29)17-18-30(32)44-4)36(42)31(47-38)21-27-20-23(2)40(24(27)3)22-28-15-11-19-46-28/h6-10,12-14,16-18,20-21,28,35H,5,11,15,19,22H2,1-4H3/b31-21-/t28-,35-/m0/s1. The minimum absolute atomic E-state index is 0.176. The van der Waals surface area contributed by atoms with Crippen LogP contribution in [0.1, 0.15) is 53.9 Å². The Bertz CT molecular complexity index is 2200. The number of ether oxygens (including phenoxy) is 3. The zero-order valence-corrected chi connectivity index (χ0v) is 27.8. The number of rotatable bonds is 8. The summed E-state index contributed by atoms with van der Waals surface area (Å²) in [6, 6.07) is 22.7. The quantitative estimate of drug-likeness (QED) is 0.202. The number of carbonyl (C=O) groups excluding carboxylic acids is 1. The lowest BCUT2D eigenvalue weighted by Gasteiger charge is -2.28. The van der Waals surface area contributed by atoms with Crippen molar-refractivity contribution >= 4 is 39.9 Å². The summed E-state index contributed by atoms with van der Waals surface area (Å²) in [5.41, 5.74) is 5.17. The van der Waals surface area contributed by atoms with Crippen LogP contribution < -0.4 is 19.6 Å². The van der Waals surface area contributed by atoms with E-state index in [0.29, 0.717) is 31.9 Å². The molecule has 2 aliphatic heterocycles. The lowest BCUT2D eigenvalue weighted by atomic mass is 9.89. The van der Waals surface area contributed by atoms with Crippen LogP contribution in [-0.2, 0) is 20.8 Å². The lowest BCUT2D eigenvalue weighted by Crippen LogP contribution is -2.40. The van der Waals surface area contributed by atoms with Gasteiger partial charge in [0.15, 0.2) is 4.80 Å². The first-order valence-corrected chi connectivity index (χ1v) is 16.8. The molecule has 5 aromatic rings. The first-order valence-electron chi connectivity index (χ1n) is 16.0. The highest BCUT2D eigenvalue weighted by Gasteiger charge is 2.37. The van der Waals surface area contributed by atoms with Crippen molar-refractivity contribution in [2.45, 2.75) is 52.3 Å². The van der Waals surface area contributed by atoms with E-state index in [9.17, 15) is 9.59 Å². The van der Waals surface area contributed by atoms with E-state index in [1.807, 2.05) is 72.8 Å². The third-order valence-electron chi connectivity index (χ3n) is 9.11. The molecule has 1 saturated heterocycles. The molecule has 3 aromatic carbocycles. The fourth-order valence-corrected chi connectivity index (χ4v) is 7.83. The van der Waals surface area contributed by atoms with E-state index < -0.39 is 12.0 Å². The van der Waals surface area contributed by atoms with Crippen molar-refractivity contribution in [1.82, 2.24) is 9.13 Å². The molecule has 0 saturated carbocycles. The zero-order chi connectivity index (χ0) is 32.7. The lowest BCUT2D eigenvalue weighted by molar-refractivity contribution is -0.138. The Morgan fingerprint density at radius 3 is 2.62 bits per heavy atom. The first-order chi connectivity index (χ1) is 22.9. The van der Waals surface area contributed by atoms with Gasteiger partial charge in [-0.2, -0.15) is 0 Å². The minimum Gasteiger partial charge on any atom is -0.496 e. The Morgan fingerprint density at radius 2 is 1.87 bits per heavy atom. The second-order valence-electron chi connectivity index (χ2n) is 11.9. The van der Waals surface area contributed by atoms with E-state index in [0.717, 1.165) is 59.3 Å². The SMILES string of the molecule is CCOC(=O)C1=C(c2ccccc2)N=c2s/c(=C\c3cc(C)n(C[C@@H]4CCCO4)c3C)c(=O)n2[C@H]1c1c(OC)ccc2ccccc12. The molecule has 0 aliphatic carbocycles. The van der Waals surface area contributed by atoms with E-state index in [-0.39, 0.29) is 18.3 Å². The predicted molar refractivity (Wildman–Crippen MR) is 184 cm³/mol. The van der Waals surface area contributed by atoms with Crippen LogP contribution in [0.4, 0.5) is 0 Å². The van der Waals surface area contributed by atoms with E-state index in [1.165, 1.54) is 11.3 Å². The Hall–Kier alpha value is -4.73. The first kappa shape index (κ1) is 30.9. The molecule has 0 N–H and O–H groups in total. The monoisotopic (exact) mass is 647 g/mol. The maximum Gasteiger partial charge on any atom is 0.338 e. The van der Waals surface area contributed by atoms with Gasteiger partial charge in [-0.25, -0.2) is 9.79 Å². The average molecular weight is 648 g/mol. The summed E-state index contributed by atoms with van der Waals surface area (Å²) in [6.07, 6.45) is 4.28. The van der Waals surface area contributed by atoms with Crippen molar-refractivity contribution < 1.29 is 19.0 Å². The Balaban J connectivity index is 1.51. The van der Waals surface area contributed by atoms with Gasteiger partial charge in [-0.15, -0.1) is 0 Å². The molecule has 2 atom stereocenters. The van der Waals surface area contributed by atoms with Crippen LogP contribution in [0.3, 0.4) is 0 Å². The molecule has 0 spiro atoms. The van der Waals surface area contributed by atoms with Crippen LogP contribution in [0.5, 0.6) is 5.75 Å². The number of carbonyl (C=O) groups is 1. The van der Waals surface area contributed by atoms with Gasteiger partial charge in [-0.05, 0) is 68.2 Å². The smallest absolute Gasteiger partial charge is 0.338 e. The topological polar surface area (TPSA) is 84.0 Å². The summed E-state index contributed by atoms with van der Waals surface area (Å²) in [7, 11) is 1.61. The van der Waals surface area contributed by atoms with Crippen molar-refractivity contribution in [1.29, 1.82) is 0 Å². The maximum atomic E-state index is 14.6. The third-order valence-corrected chi connectivity index (χ3v) is 10.1. The minimum atomic E-state index is -0.851. The molecule has 9 heteroatoms. The van der Waals surface area contributed by atoms with Crippen LogP contribution in [0.25, 0.3) is 22.5 Å². The summed E-state index contributed by atoms with van der Waals surface area (Å²) in [5.74, 6) is 0.0408. The number of hydrogen-bond donors (Lipinski definition) is 0. The van der Waals surface area contributed by atoms with Gasteiger partial charge in [0.25, 0.3) is 5.56 Å². The molecule has 1 fully saturated rings. The number of nitrogens with zero attached hydrogens (tertiary/aromatic N) is 3. The molecule has 0 radical (unpaired) electrons. The van der Waals surface area contributed by atoms with Crippen LogP contribution in [0.15, 0.2) is 88.2 Å². The fraction of sp³-hybridized carbons (Fsp3) is 0.289. The van der Waals surface area contributed by atoms with Crippen LogP contribution in [0, 0.1) is 13.8 Å². The molecule has 8 nitrogen and oxygen atoms in total. The second kappa shape index (κ2) is 12.8. The number of esters is 1. The molecule has 240 valence electrons. The number of aromatic nitrogens is 2. The molecular formula is C38H37N3O5S. The van der Waals surface area contributed by atoms with Crippen LogP contribution in [-0.4, -0.2) is 41.5 Å². The van der Waals surface area contributed by atoms with Crippen LogP contribution in [0.2, 0.25) is 0 Å². The molecular weight excluding hydrogens is 611 g/mol. The van der Waals surface area contributed by atoms with Crippen LogP contribution >= 0.6 is 11.3 Å². The molecule has 47 heavy (non-hydrogen) atoms. The highest BCUT2D eigenvalue weighted by atomic mass is 32.1.